The van der Waals surface area contributed by atoms with Crippen molar-refractivity contribution in [3.63, 3.8) is 0 Å². The smallest absolute Gasteiger partial charge is 0.407 e. The number of carbonyl (C=O) groups is 3. The van der Waals surface area contributed by atoms with Crippen LogP contribution in [0.15, 0.2) is 77.5 Å². The fourth-order valence-corrected chi connectivity index (χ4v) is 6.92. The van der Waals surface area contributed by atoms with Crippen molar-refractivity contribution in [1.29, 1.82) is 0 Å². The molecule has 0 aliphatic carbocycles. The van der Waals surface area contributed by atoms with Crippen molar-refractivity contribution in [3.05, 3.63) is 110 Å². The molecule has 0 aliphatic rings. The van der Waals surface area contributed by atoms with Crippen LogP contribution >= 0.6 is 22.7 Å². The number of aliphatic hydroxyl groups is 1. The summed E-state index contributed by atoms with van der Waals surface area (Å²) in [4.78, 5) is 47.0. The number of thiazole rings is 1. The Morgan fingerprint density at radius 1 is 0.902 bits per heavy atom. The summed E-state index contributed by atoms with van der Waals surface area (Å²) in [5.74, 6) is -0.749. The number of aromatic nitrogens is 1. The quantitative estimate of drug-likeness (QED) is 0.0960. The molecule has 2 aromatic heterocycles. The van der Waals surface area contributed by atoms with Crippen LogP contribution in [0.5, 0.6) is 0 Å². The zero-order valence-electron chi connectivity index (χ0n) is 29.7. The molecular formula is C38H48FN5O5S2. The first kappa shape index (κ1) is 39.5. The van der Waals surface area contributed by atoms with Gasteiger partial charge in [-0.2, -0.15) is 0 Å². The highest BCUT2D eigenvalue weighted by Crippen LogP contribution is 2.20. The van der Waals surface area contributed by atoms with E-state index < -0.39 is 48.1 Å². The number of alkyl carbamates (subject to hydrolysis) is 1. The number of rotatable bonds is 17. The fraction of sp³-hybridized carbons (Fsp3) is 0.421. The molecule has 0 aliphatic heterocycles. The Kier molecular flexibility index (Phi) is 15.0. The third-order valence-electron chi connectivity index (χ3n) is 8.30. The van der Waals surface area contributed by atoms with Crippen molar-refractivity contribution in [2.75, 3.05) is 7.05 Å². The third-order valence-corrected chi connectivity index (χ3v) is 10.3. The maximum absolute atomic E-state index is 13.9. The van der Waals surface area contributed by atoms with Crippen LogP contribution in [0.2, 0.25) is 0 Å². The topological polar surface area (TPSA) is 133 Å². The van der Waals surface area contributed by atoms with Gasteiger partial charge in [0.05, 0.1) is 29.4 Å². The van der Waals surface area contributed by atoms with E-state index in [9.17, 15) is 23.9 Å². The SMILES string of the molecule is CC(C)c1nc(CN(C)C(=O)N[C@H](C(=O)N[C@@H](Cc2ccccc2)C[C@H](O)[C@H](Cc2ccc(F)cc2)NC(=O)OCc2cccs2)C(C)C)cs1. The normalized spacial score (nSPS) is 13.7. The average molecular weight is 738 g/mol. The van der Waals surface area contributed by atoms with Crippen LogP contribution in [-0.2, 0) is 35.5 Å². The summed E-state index contributed by atoms with van der Waals surface area (Å²) in [5, 5.41) is 25.2. The van der Waals surface area contributed by atoms with Crippen LogP contribution in [0.3, 0.4) is 0 Å². The molecule has 0 spiro atoms. The van der Waals surface area contributed by atoms with Gasteiger partial charge >= 0.3 is 12.1 Å². The predicted molar refractivity (Wildman–Crippen MR) is 199 cm³/mol. The minimum Gasteiger partial charge on any atom is -0.444 e. The molecule has 10 nitrogen and oxygen atoms in total. The average Bonchev–Trinajstić information content (AvgIpc) is 3.80. The van der Waals surface area contributed by atoms with Gasteiger partial charge in [-0.25, -0.2) is 19.0 Å². The van der Waals surface area contributed by atoms with E-state index in [0.29, 0.717) is 24.4 Å². The number of urea groups is 1. The van der Waals surface area contributed by atoms with E-state index >= 15 is 0 Å². The Balaban J connectivity index is 1.48. The molecule has 13 heteroatoms. The molecule has 0 bridgehead atoms. The number of nitrogens with zero attached hydrogens (tertiary/aromatic N) is 2. The van der Waals surface area contributed by atoms with E-state index in [1.54, 1.807) is 30.5 Å². The van der Waals surface area contributed by atoms with Gasteiger partial charge in [-0.1, -0.05) is 76.2 Å². The van der Waals surface area contributed by atoms with Gasteiger partial charge in [0.25, 0.3) is 0 Å². The van der Waals surface area contributed by atoms with Crippen LogP contribution in [-0.4, -0.2) is 64.3 Å². The van der Waals surface area contributed by atoms with Crippen molar-refractivity contribution >= 4 is 40.7 Å². The van der Waals surface area contributed by atoms with E-state index in [4.69, 9.17) is 4.74 Å². The number of nitrogens with one attached hydrogen (secondary N) is 3. The van der Waals surface area contributed by atoms with Gasteiger partial charge in [-0.15, -0.1) is 22.7 Å². The van der Waals surface area contributed by atoms with Crippen molar-refractivity contribution in [2.45, 2.75) is 90.3 Å². The Morgan fingerprint density at radius 3 is 2.24 bits per heavy atom. The van der Waals surface area contributed by atoms with Gasteiger partial charge in [0, 0.05) is 29.3 Å². The molecule has 51 heavy (non-hydrogen) atoms. The summed E-state index contributed by atoms with van der Waals surface area (Å²) < 4.78 is 19.1. The van der Waals surface area contributed by atoms with Gasteiger partial charge in [0.1, 0.15) is 18.5 Å². The largest absolute Gasteiger partial charge is 0.444 e. The lowest BCUT2D eigenvalue weighted by atomic mass is 9.93. The van der Waals surface area contributed by atoms with Gasteiger partial charge in [-0.3, -0.25) is 4.79 Å². The summed E-state index contributed by atoms with van der Waals surface area (Å²) in [5.41, 5.74) is 2.41. The van der Waals surface area contributed by atoms with E-state index in [1.807, 2.05) is 67.1 Å². The molecule has 4 N–H and O–H groups in total. The Bertz CT molecular complexity index is 1670. The molecule has 2 aromatic carbocycles. The summed E-state index contributed by atoms with van der Waals surface area (Å²) in [7, 11) is 1.66. The van der Waals surface area contributed by atoms with Crippen LogP contribution in [0.1, 0.15) is 66.7 Å². The minimum absolute atomic E-state index is 0.0678. The standard InChI is InChI=1S/C38H48FN5O5S2/c1-24(2)34(43-37(47)44(5)21-30-23-51-36(41-30)25(3)4)35(46)40-29(18-26-10-7-6-8-11-26)20-33(45)32(19-27-13-15-28(39)16-14-27)42-38(48)49-22-31-12-9-17-50-31/h6-17,23-25,29,32-34,45H,18-22H2,1-5H3,(H,40,46)(H,42,48)(H,43,47)/t29-,32-,33-,34-/m0/s1. The van der Waals surface area contributed by atoms with Crippen LogP contribution in [0, 0.1) is 11.7 Å². The number of halogens is 1. The summed E-state index contributed by atoms with van der Waals surface area (Å²) in [6.45, 7) is 8.21. The number of benzene rings is 2. The summed E-state index contributed by atoms with van der Waals surface area (Å²) in [6, 6.07) is 16.4. The number of amides is 4. The maximum atomic E-state index is 13.9. The molecule has 4 atom stereocenters. The molecular weight excluding hydrogens is 690 g/mol. The van der Waals surface area contributed by atoms with Crippen molar-refractivity contribution in [2.24, 2.45) is 5.92 Å². The predicted octanol–water partition coefficient (Wildman–Crippen LogP) is 6.65. The number of hydrogen-bond donors (Lipinski definition) is 4. The monoisotopic (exact) mass is 737 g/mol. The van der Waals surface area contributed by atoms with Gasteiger partial charge in [-0.05, 0) is 59.9 Å². The molecule has 4 rings (SSSR count). The lowest BCUT2D eigenvalue weighted by molar-refractivity contribution is -0.124. The highest BCUT2D eigenvalue weighted by molar-refractivity contribution is 7.10. The number of ether oxygens (including phenoxy) is 1. The van der Waals surface area contributed by atoms with Crippen molar-refractivity contribution < 1.29 is 28.6 Å². The van der Waals surface area contributed by atoms with Crippen LogP contribution in [0.4, 0.5) is 14.0 Å². The van der Waals surface area contributed by atoms with E-state index in [-0.39, 0.29) is 25.4 Å². The Labute approximate surface area is 307 Å². The molecule has 0 radical (unpaired) electrons. The third kappa shape index (κ3) is 12.7. The molecule has 4 amide bonds. The number of aliphatic hydroxyl groups excluding tert-OH is 1. The Hall–Kier alpha value is -4.33. The lowest BCUT2D eigenvalue weighted by Gasteiger charge is -2.30. The lowest BCUT2D eigenvalue weighted by Crippen LogP contribution is -2.55. The zero-order chi connectivity index (χ0) is 36.9. The second-order valence-corrected chi connectivity index (χ2v) is 15.2. The summed E-state index contributed by atoms with van der Waals surface area (Å²) >= 11 is 3.01. The molecule has 4 aromatic rings. The van der Waals surface area contributed by atoms with E-state index in [0.717, 1.165) is 21.1 Å². The number of thiophene rings is 1. The molecule has 274 valence electrons. The van der Waals surface area contributed by atoms with Gasteiger partial charge in [0.2, 0.25) is 5.91 Å². The van der Waals surface area contributed by atoms with E-state index in [1.165, 1.54) is 28.4 Å². The zero-order valence-corrected chi connectivity index (χ0v) is 31.3. The van der Waals surface area contributed by atoms with E-state index in [2.05, 4.69) is 34.8 Å². The molecule has 0 fully saturated rings. The maximum Gasteiger partial charge on any atom is 0.407 e. The number of carbonyl (C=O) groups excluding carboxylic acids is 3. The first-order chi connectivity index (χ1) is 24.4. The minimum atomic E-state index is -1.13. The molecule has 0 saturated carbocycles. The molecule has 0 unspecified atom stereocenters. The van der Waals surface area contributed by atoms with Crippen LogP contribution in [0.25, 0.3) is 0 Å². The van der Waals surface area contributed by atoms with Crippen molar-refractivity contribution in [3.8, 4) is 0 Å². The second kappa shape index (κ2) is 19.3. The van der Waals surface area contributed by atoms with Gasteiger partial charge in [0.15, 0.2) is 0 Å². The highest BCUT2D eigenvalue weighted by Gasteiger charge is 2.31. The Morgan fingerprint density at radius 2 is 1.61 bits per heavy atom. The van der Waals surface area contributed by atoms with Gasteiger partial charge < -0.3 is 30.7 Å². The second-order valence-electron chi connectivity index (χ2n) is 13.3. The summed E-state index contributed by atoms with van der Waals surface area (Å²) in [6.07, 6.45) is -1.20. The molecule has 0 saturated heterocycles. The van der Waals surface area contributed by atoms with Crippen LogP contribution < -0.4 is 16.0 Å². The molecule has 2 heterocycles. The first-order valence-electron chi connectivity index (χ1n) is 17.1. The first-order valence-corrected chi connectivity index (χ1v) is 18.8. The fourth-order valence-electron chi connectivity index (χ4n) is 5.47. The number of hydrogen-bond acceptors (Lipinski definition) is 8. The van der Waals surface area contributed by atoms with Crippen molar-refractivity contribution in [1.82, 2.24) is 25.8 Å². The highest BCUT2D eigenvalue weighted by atomic mass is 32.1.